The van der Waals surface area contributed by atoms with Crippen LogP contribution in [0.4, 0.5) is 8.78 Å². The molecule has 1 atom stereocenters. The van der Waals surface area contributed by atoms with Crippen LogP contribution in [-0.2, 0) is 6.54 Å². The molecule has 2 N–H and O–H groups in total. The predicted molar refractivity (Wildman–Crippen MR) is 83.7 cm³/mol. The van der Waals surface area contributed by atoms with E-state index in [1.165, 1.54) is 31.4 Å². The highest BCUT2D eigenvalue weighted by atomic mass is 19.2. The van der Waals surface area contributed by atoms with Gasteiger partial charge >= 0.3 is 0 Å². The summed E-state index contributed by atoms with van der Waals surface area (Å²) in [6.07, 6.45) is 6.67. The number of benzene rings is 1. The van der Waals surface area contributed by atoms with Crippen LogP contribution in [0.3, 0.4) is 0 Å². The molecule has 1 aliphatic rings. The van der Waals surface area contributed by atoms with Crippen molar-refractivity contribution < 1.29 is 8.78 Å². The molecule has 5 heteroatoms. The summed E-state index contributed by atoms with van der Waals surface area (Å²) in [7, 11) is 0. The zero-order valence-corrected chi connectivity index (χ0v) is 13.0. The molecular weight excluding hydrogens is 284 g/mol. The fraction of sp³-hybridized carbons (Fsp3) is 0.588. The minimum absolute atomic E-state index is 0.00662. The highest BCUT2D eigenvalue weighted by molar-refractivity contribution is 5.76. The van der Waals surface area contributed by atoms with E-state index in [4.69, 9.17) is 5.73 Å². The maximum Gasteiger partial charge on any atom is 0.161 e. The lowest BCUT2D eigenvalue weighted by Crippen LogP contribution is -2.27. The van der Waals surface area contributed by atoms with Gasteiger partial charge in [0.05, 0.1) is 11.0 Å². The van der Waals surface area contributed by atoms with E-state index in [0.717, 1.165) is 25.1 Å². The summed E-state index contributed by atoms with van der Waals surface area (Å²) in [5.74, 6) is -0.346. The summed E-state index contributed by atoms with van der Waals surface area (Å²) in [5, 5.41) is 0. The minimum atomic E-state index is -0.841. The van der Waals surface area contributed by atoms with E-state index in [1.54, 1.807) is 0 Å². The quantitative estimate of drug-likeness (QED) is 0.924. The number of hydrogen-bond donors (Lipinski definition) is 1. The van der Waals surface area contributed by atoms with E-state index in [9.17, 15) is 8.78 Å². The van der Waals surface area contributed by atoms with Crippen LogP contribution in [0.25, 0.3) is 11.0 Å². The summed E-state index contributed by atoms with van der Waals surface area (Å²) in [6.45, 7) is 2.63. The van der Waals surface area contributed by atoms with E-state index in [2.05, 4.69) is 4.98 Å². The maximum absolute atomic E-state index is 13.7. The van der Waals surface area contributed by atoms with Gasteiger partial charge in [-0.2, -0.15) is 0 Å². The molecule has 0 saturated heterocycles. The van der Waals surface area contributed by atoms with Gasteiger partial charge in [-0.05, 0) is 19.3 Å². The first-order chi connectivity index (χ1) is 10.6. The van der Waals surface area contributed by atoms with Gasteiger partial charge < -0.3 is 10.3 Å². The van der Waals surface area contributed by atoms with Crippen molar-refractivity contribution >= 4 is 11.0 Å². The number of nitrogens with zero attached hydrogens (tertiary/aromatic N) is 2. The Hall–Kier alpha value is -1.49. The molecule has 1 aliphatic carbocycles. The van der Waals surface area contributed by atoms with E-state index in [1.807, 2.05) is 11.5 Å². The second kappa shape index (κ2) is 6.32. The molecule has 120 valence electrons. The molecule has 1 unspecified atom stereocenters. The molecule has 22 heavy (non-hydrogen) atoms. The smallest absolute Gasteiger partial charge is 0.161 e. The molecule has 0 bridgehead atoms. The number of nitrogens with two attached hydrogens (primary N) is 1. The summed E-state index contributed by atoms with van der Waals surface area (Å²) in [5.41, 5.74) is 7.29. The number of hydrogen-bond acceptors (Lipinski definition) is 2. The predicted octanol–water partition coefficient (Wildman–Crippen LogP) is 4.10. The molecule has 1 fully saturated rings. The number of aromatic nitrogens is 2. The number of halogens is 2. The molecule has 1 aromatic heterocycles. The molecule has 2 aromatic rings. The van der Waals surface area contributed by atoms with Gasteiger partial charge in [0.15, 0.2) is 11.6 Å². The Labute approximate surface area is 129 Å². The maximum atomic E-state index is 13.7. The lowest BCUT2D eigenvalue weighted by molar-refractivity contribution is 0.409. The van der Waals surface area contributed by atoms with Gasteiger partial charge in [0.25, 0.3) is 0 Å². The normalized spacial score (nSPS) is 18.0. The first kappa shape index (κ1) is 15.4. The Balaban J connectivity index is 2.09. The van der Waals surface area contributed by atoms with Crippen molar-refractivity contribution in [3.05, 3.63) is 29.6 Å². The molecule has 1 heterocycles. The summed E-state index contributed by atoms with van der Waals surface area (Å²) >= 11 is 0. The fourth-order valence-electron chi connectivity index (χ4n) is 3.37. The standard InChI is InChI=1S/C17H23F2N3/c1-2-12(20)10-22-16-9-14(19)13(18)8-15(16)21-17(22)11-6-4-3-5-7-11/h8-9,11-12H,2-7,10,20H2,1H3. The van der Waals surface area contributed by atoms with Gasteiger partial charge in [-0.1, -0.05) is 26.2 Å². The van der Waals surface area contributed by atoms with Crippen molar-refractivity contribution in [2.45, 2.75) is 64.0 Å². The Morgan fingerprint density at radius 1 is 1.23 bits per heavy atom. The summed E-state index contributed by atoms with van der Waals surface area (Å²) in [4.78, 5) is 4.63. The third kappa shape index (κ3) is 2.86. The van der Waals surface area contributed by atoms with Gasteiger partial charge in [0.1, 0.15) is 5.82 Å². The average molecular weight is 307 g/mol. The van der Waals surface area contributed by atoms with E-state index in [0.29, 0.717) is 23.5 Å². The van der Waals surface area contributed by atoms with E-state index < -0.39 is 11.6 Å². The summed E-state index contributed by atoms with van der Waals surface area (Å²) < 4.78 is 29.2. The molecule has 3 rings (SSSR count). The van der Waals surface area contributed by atoms with Gasteiger partial charge in [0, 0.05) is 30.6 Å². The Morgan fingerprint density at radius 2 is 1.91 bits per heavy atom. The first-order valence-electron chi connectivity index (χ1n) is 8.21. The van der Waals surface area contributed by atoms with Gasteiger partial charge in [-0.3, -0.25) is 0 Å². The van der Waals surface area contributed by atoms with Gasteiger partial charge in [-0.15, -0.1) is 0 Å². The fourth-order valence-corrected chi connectivity index (χ4v) is 3.37. The van der Waals surface area contributed by atoms with Gasteiger partial charge in [-0.25, -0.2) is 13.8 Å². The highest BCUT2D eigenvalue weighted by Crippen LogP contribution is 2.34. The van der Waals surface area contributed by atoms with Crippen LogP contribution in [-0.4, -0.2) is 15.6 Å². The van der Waals surface area contributed by atoms with Crippen LogP contribution >= 0.6 is 0 Å². The lowest BCUT2D eigenvalue weighted by Gasteiger charge is -2.23. The van der Waals surface area contributed by atoms with Gasteiger partial charge in [0.2, 0.25) is 0 Å². The molecule has 1 aromatic carbocycles. The number of fused-ring (bicyclic) bond motifs is 1. The molecular formula is C17H23F2N3. The molecule has 1 saturated carbocycles. The van der Waals surface area contributed by atoms with Crippen molar-refractivity contribution in [3.8, 4) is 0 Å². The van der Waals surface area contributed by atoms with E-state index in [-0.39, 0.29) is 6.04 Å². The largest absolute Gasteiger partial charge is 0.326 e. The topological polar surface area (TPSA) is 43.8 Å². The number of rotatable bonds is 4. The second-order valence-corrected chi connectivity index (χ2v) is 6.34. The van der Waals surface area contributed by atoms with Crippen LogP contribution in [0.15, 0.2) is 12.1 Å². The molecule has 0 radical (unpaired) electrons. The third-order valence-electron chi connectivity index (χ3n) is 4.73. The third-order valence-corrected chi connectivity index (χ3v) is 4.73. The second-order valence-electron chi connectivity index (χ2n) is 6.34. The SMILES string of the molecule is CCC(N)Cn1c(C2CCCCC2)nc2cc(F)c(F)cc21. The Morgan fingerprint density at radius 3 is 2.59 bits per heavy atom. The highest BCUT2D eigenvalue weighted by Gasteiger charge is 2.24. The van der Waals surface area contributed by atoms with Crippen LogP contribution < -0.4 is 5.73 Å². The Kier molecular flexibility index (Phi) is 4.43. The Bertz CT molecular complexity index is 659. The monoisotopic (exact) mass is 307 g/mol. The summed E-state index contributed by atoms with van der Waals surface area (Å²) in [6, 6.07) is 2.45. The van der Waals surface area contributed by atoms with Crippen LogP contribution in [0, 0.1) is 11.6 Å². The van der Waals surface area contributed by atoms with E-state index >= 15 is 0 Å². The number of imidazole rings is 1. The average Bonchev–Trinajstić information content (AvgIpc) is 2.86. The zero-order valence-electron chi connectivity index (χ0n) is 13.0. The molecule has 3 nitrogen and oxygen atoms in total. The van der Waals surface area contributed by atoms with Crippen molar-refractivity contribution in [1.82, 2.24) is 9.55 Å². The molecule has 0 spiro atoms. The molecule has 0 aliphatic heterocycles. The first-order valence-corrected chi connectivity index (χ1v) is 8.21. The minimum Gasteiger partial charge on any atom is -0.326 e. The van der Waals surface area contributed by atoms with Crippen molar-refractivity contribution in [3.63, 3.8) is 0 Å². The van der Waals surface area contributed by atoms with Crippen molar-refractivity contribution in [1.29, 1.82) is 0 Å². The van der Waals surface area contributed by atoms with Crippen LogP contribution in [0.5, 0.6) is 0 Å². The van der Waals surface area contributed by atoms with Crippen molar-refractivity contribution in [2.24, 2.45) is 5.73 Å². The van der Waals surface area contributed by atoms with Crippen molar-refractivity contribution in [2.75, 3.05) is 0 Å². The zero-order chi connectivity index (χ0) is 15.7. The molecule has 0 amide bonds. The van der Waals surface area contributed by atoms with Crippen LogP contribution in [0.2, 0.25) is 0 Å². The van der Waals surface area contributed by atoms with Crippen LogP contribution in [0.1, 0.15) is 57.2 Å². The lowest BCUT2D eigenvalue weighted by atomic mass is 9.88.